The highest BCUT2D eigenvalue weighted by Gasteiger charge is 2.35. The van der Waals surface area contributed by atoms with Crippen molar-refractivity contribution in [2.24, 2.45) is 11.1 Å². The van der Waals surface area contributed by atoms with Gasteiger partial charge in [-0.05, 0) is 36.0 Å². The Labute approximate surface area is 119 Å². The molecule has 2 N–H and O–H groups in total. The third kappa shape index (κ3) is 3.02. The number of hydrogen-bond acceptors (Lipinski definition) is 3. The molecule has 0 unspecified atom stereocenters. The molecule has 4 nitrogen and oxygen atoms in total. The lowest BCUT2D eigenvalue weighted by atomic mass is 9.85. The van der Waals surface area contributed by atoms with E-state index in [1.54, 1.807) is 6.07 Å². The molecule has 0 radical (unpaired) electrons. The number of benzene rings is 1. The Bertz CT molecular complexity index is 599. The van der Waals surface area contributed by atoms with Crippen LogP contribution in [-0.2, 0) is 16.6 Å². The number of rotatable bonds is 3. The predicted molar refractivity (Wildman–Crippen MR) is 76.1 cm³/mol. The molecule has 0 aliphatic carbocycles. The van der Waals surface area contributed by atoms with Gasteiger partial charge in [-0.3, -0.25) is 0 Å². The van der Waals surface area contributed by atoms with E-state index in [1.807, 2.05) is 13.8 Å². The van der Waals surface area contributed by atoms with Gasteiger partial charge in [0.05, 0.1) is 0 Å². The van der Waals surface area contributed by atoms with Gasteiger partial charge in [0.25, 0.3) is 0 Å². The van der Waals surface area contributed by atoms with Crippen molar-refractivity contribution >= 4 is 10.0 Å². The molecule has 0 atom stereocenters. The first-order valence-electron chi connectivity index (χ1n) is 6.75. The first-order valence-corrected chi connectivity index (χ1v) is 8.19. The van der Waals surface area contributed by atoms with Gasteiger partial charge >= 0.3 is 0 Å². The molecule has 1 heterocycles. The fraction of sp³-hybridized carbons (Fsp3) is 0.571. The van der Waals surface area contributed by atoms with E-state index in [9.17, 15) is 12.8 Å². The average molecular weight is 300 g/mol. The fourth-order valence-electron chi connectivity index (χ4n) is 2.59. The van der Waals surface area contributed by atoms with Gasteiger partial charge in [-0.15, -0.1) is 0 Å². The summed E-state index contributed by atoms with van der Waals surface area (Å²) in [7, 11) is -3.77. The fourth-order valence-corrected chi connectivity index (χ4v) is 4.31. The quantitative estimate of drug-likeness (QED) is 0.929. The molecule has 0 aromatic heterocycles. The van der Waals surface area contributed by atoms with Gasteiger partial charge in [0.15, 0.2) is 0 Å². The van der Waals surface area contributed by atoms with Gasteiger partial charge in [-0.25, -0.2) is 12.8 Å². The molecule has 1 aromatic carbocycles. The molecule has 112 valence electrons. The first kappa shape index (κ1) is 15.4. The molecule has 0 bridgehead atoms. The van der Waals surface area contributed by atoms with Crippen molar-refractivity contribution in [2.75, 3.05) is 13.1 Å². The zero-order chi connectivity index (χ0) is 15.0. The van der Waals surface area contributed by atoms with Crippen molar-refractivity contribution in [3.05, 3.63) is 29.6 Å². The van der Waals surface area contributed by atoms with E-state index < -0.39 is 15.8 Å². The second-order valence-electron chi connectivity index (χ2n) is 6.08. The number of nitrogens with zero attached hydrogens (tertiary/aromatic N) is 1. The maximum Gasteiger partial charge on any atom is 0.246 e. The first-order chi connectivity index (χ1) is 9.26. The Morgan fingerprint density at radius 2 is 2.10 bits per heavy atom. The van der Waals surface area contributed by atoms with Gasteiger partial charge in [0.2, 0.25) is 10.0 Å². The molecule has 1 saturated heterocycles. The molecule has 0 amide bonds. The highest BCUT2D eigenvalue weighted by Crippen LogP contribution is 2.32. The molecular weight excluding hydrogens is 279 g/mol. The van der Waals surface area contributed by atoms with Gasteiger partial charge in [-0.2, -0.15) is 4.31 Å². The van der Waals surface area contributed by atoms with Crippen LogP contribution < -0.4 is 5.73 Å². The zero-order valence-electron chi connectivity index (χ0n) is 11.9. The van der Waals surface area contributed by atoms with E-state index in [1.165, 1.54) is 16.4 Å². The Morgan fingerprint density at radius 3 is 2.65 bits per heavy atom. The Hall–Kier alpha value is -0.980. The predicted octanol–water partition coefficient (Wildman–Crippen LogP) is 2.10. The van der Waals surface area contributed by atoms with Gasteiger partial charge in [0, 0.05) is 19.6 Å². The monoisotopic (exact) mass is 300 g/mol. The van der Waals surface area contributed by atoms with Crippen LogP contribution in [0.15, 0.2) is 23.1 Å². The molecule has 0 saturated carbocycles. The number of hydrogen-bond donors (Lipinski definition) is 1. The Morgan fingerprint density at radius 1 is 1.40 bits per heavy atom. The molecule has 0 spiro atoms. The Kier molecular flexibility index (Phi) is 4.18. The largest absolute Gasteiger partial charge is 0.326 e. The second kappa shape index (κ2) is 5.42. The van der Waals surface area contributed by atoms with Crippen LogP contribution >= 0.6 is 0 Å². The molecule has 6 heteroatoms. The zero-order valence-corrected chi connectivity index (χ0v) is 12.7. The van der Waals surface area contributed by atoms with Crippen LogP contribution in [-0.4, -0.2) is 25.8 Å². The van der Waals surface area contributed by atoms with Crippen LogP contribution in [0.3, 0.4) is 0 Å². The molecule has 1 aromatic rings. The van der Waals surface area contributed by atoms with Crippen LogP contribution in [0, 0.1) is 11.2 Å². The van der Waals surface area contributed by atoms with Crippen LogP contribution in [0.5, 0.6) is 0 Å². The number of piperidine rings is 1. The Balaban J connectivity index is 2.35. The summed E-state index contributed by atoms with van der Waals surface area (Å²) < 4.78 is 40.5. The standard InChI is InChI=1S/C14H21FN2O2S/c1-14(2)6-3-7-17(10-14)20(18,19)13-5-4-11(9-16)8-12(13)15/h4-5,8H,3,6-7,9-10,16H2,1-2H3. The van der Waals surface area contributed by atoms with E-state index in [4.69, 9.17) is 5.73 Å². The van der Waals surface area contributed by atoms with Crippen LogP contribution in [0.2, 0.25) is 0 Å². The maximum atomic E-state index is 14.0. The lowest BCUT2D eigenvalue weighted by Gasteiger charge is -2.37. The minimum atomic E-state index is -3.77. The summed E-state index contributed by atoms with van der Waals surface area (Å²) in [6, 6.07) is 4.07. The normalized spacial score (nSPS) is 20.0. The van der Waals surface area contributed by atoms with Crippen molar-refractivity contribution in [3.8, 4) is 0 Å². The van der Waals surface area contributed by atoms with E-state index in [2.05, 4.69) is 0 Å². The summed E-state index contributed by atoms with van der Waals surface area (Å²) in [5, 5.41) is 0. The highest BCUT2D eigenvalue weighted by atomic mass is 32.2. The lowest BCUT2D eigenvalue weighted by Crippen LogP contribution is -2.43. The van der Waals surface area contributed by atoms with Crippen molar-refractivity contribution in [1.29, 1.82) is 0 Å². The molecule has 1 aliphatic heterocycles. The summed E-state index contributed by atoms with van der Waals surface area (Å²) in [4.78, 5) is -0.257. The summed E-state index contributed by atoms with van der Waals surface area (Å²) in [6.45, 7) is 5.12. The highest BCUT2D eigenvalue weighted by molar-refractivity contribution is 7.89. The molecule has 20 heavy (non-hydrogen) atoms. The minimum absolute atomic E-state index is 0.0704. The van der Waals surface area contributed by atoms with E-state index >= 15 is 0 Å². The average Bonchev–Trinajstić information content (AvgIpc) is 2.37. The van der Waals surface area contributed by atoms with Crippen LogP contribution in [0.25, 0.3) is 0 Å². The number of nitrogens with two attached hydrogens (primary N) is 1. The summed E-state index contributed by atoms with van der Waals surface area (Å²) in [5.74, 6) is -0.726. The number of halogens is 1. The van der Waals surface area contributed by atoms with Crippen molar-refractivity contribution in [1.82, 2.24) is 4.31 Å². The van der Waals surface area contributed by atoms with E-state index in [-0.39, 0.29) is 16.9 Å². The topological polar surface area (TPSA) is 63.4 Å². The molecule has 1 fully saturated rings. The SMILES string of the molecule is CC1(C)CCCN(S(=O)(=O)c2ccc(CN)cc2F)C1. The van der Waals surface area contributed by atoms with Crippen molar-refractivity contribution in [3.63, 3.8) is 0 Å². The third-order valence-electron chi connectivity index (χ3n) is 3.72. The van der Waals surface area contributed by atoms with Crippen molar-refractivity contribution in [2.45, 2.75) is 38.1 Å². The minimum Gasteiger partial charge on any atom is -0.326 e. The number of sulfonamides is 1. The van der Waals surface area contributed by atoms with Gasteiger partial charge < -0.3 is 5.73 Å². The van der Waals surface area contributed by atoms with Gasteiger partial charge in [0.1, 0.15) is 10.7 Å². The molecule has 2 rings (SSSR count). The summed E-state index contributed by atoms with van der Waals surface area (Å²) in [5.41, 5.74) is 5.94. The van der Waals surface area contributed by atoms with Gasteiger partial charge in [-0.1, -0.05) is 19.9 Å². The molecular formula is C14H21FN2O2S. The van der Waals surface area contributed by atoms with E-state index in [0.29, 0.717) is 18.7 Å². The third-order valence-corrected chi connectivity index (χ3v) is 5.59. The van der Waals surface area contributed by atoms with Crippen molar-refractivity contribution < 1.29 is 12.8 Å². The second-order valence-corrected chi connectivity index (χ2v) is 7.98. The summed E-state index contributed by atoms with van der Waals surface area (Å²) in [6.07, 6.45) is 1.78. The summed E-state index contributed by atoms with van der Waals surface area (Å²) >= 11 is 0. The van der Waals surface area contributed by atoms with Crippen LogP contribution in [0.1, 0.15) is 32.3 Å². The maximum absolute atomic E-state index is 14.0. The molecule has 1 aliphatic rings. The van der Waals surface area contributed by atoms with E-state index in [0.717, 1.165) is 12.8 Å². The smallest absolute Gasteiger partial charge is 0.246 e. The van der Waals surface area contributed by atoms with Crippen LogP contribution in [0.4, 0.5) is 4.39 Å². The lowest BCUT2D eigenvalue weighted by molar-refractivity contribution is 0.186.